The molecule has 0 spiro atoms. The first-order chi connectivity index (χ1) is 18.1. The molecule has 1 fully saturated rings. The molecule has 1 aliphatic rings. The predicted octanol–water partition coefficient (Wildman–Crippen LogP) is 4.20. The lowest BCUT2D eigenvalue weighted by atomic mass is 10.1. The Hall–Kier alpha value is -3.55. The van der Waals surface area contributed by atoms with Crippen LogP contribution in [0.2, 0.25) is 5.02 Å². The monoisotopic (exact) mass is 553 g/mol. The molecule has 2 N–H and O–H groups in total. The summed E-state index contributed by atoms with van der Waals surface area (Å²) in [6.45, 7) is 0.229. The number of alkyl halides is 3. The average Bonchev–Trinajstić information content (AvgIpc) is 2.86. The van der Waals surface area contributed by atoms with Gasteiger partial charge in [-0.3, -0.25) is 14.6 Å². The zero-order valence-electron chi connectivity index (χ0n) is 20.2. The third-order valence-corrected chi connectivity index (χ3v) is 5.93. The van der Waals surface area contributed by atoms with Gasteiger partial charge in [0.25, 0.3) is 5.88 Å². The van der Waals surface area contributed by atoms with Gasteiger partial charge in [0.15, 0.2) is 0 Å². The molecule has 0 saturated carbocycles. The molecule has 0 atom stereocenters. The molecule has 3 aromatic rings. The van der Waals surface area contributed by atoms with E-state index in [9.17, 15) is 22.4 Å². The van der Waals surface area contributed by atoms with Crippen LogP contribution in [0.25, 0.3) is 11.3 Å². The van der Waals surface area contributed by atoms with Crippen LogP contribution in [0.4, 0.5) is 34.8 Å². The van der Waals surface area contributed by atoms with Gasteiger partial charge in [-0.25, -0.2) is 9.37 Å². The van der Waals surface area contributed by atoms with Crippen molar-refractivity contribution in [1.29, 1.82) is 0 Å². The fraction of sp³-hybridized carbons (Fsp3) is 0.333. The predicted molar refractivity (Wildman–Crippen MR) is 134 cm³/mol. The van der Waals surface area contributed by atoms with Crippen LogP contribution in [0, 0.1) is 5.82 Å². The lowest BCUT2D eigenvalue weighted by Gasteiger charge is -2.34. The fourth-order valence-corrected chi connectivity index (χ4v) is 4.09. The molecule has 3 heterocycles. The molecular weight excluding hydrogens is 530 g/mol. The van der Waals surface area contributed by atoms with E-state index in [1.54, 1.807) is 23.1 Å². The van der Waals surface area contributed by atoms with Crippen molar-refractivity contribution in [1.82, 2.24) is 25.0 Å². The van der Waals surface area contributed by atoms with Crippen LogP contribution in [-0.4, -0.2) is 83.4 Å². The number of methoxy groups -OCH3 is 1. The molecule has 1 amide bonds. The molecule has 1 aliphatic heterocycles. The van der Waals surface area contributed by atoms with Gasteiger partial charge in [-0.05, 0) is 30.3 Å². The molecular formula is C24H24ClF4N7O2. The first-order valence-electron chi connectivity index (χ1n) is 11.5. The Morgan fingerprint density at radius 3 is 2.53 bits per heavy atom. The highest BCUT2D eigenvalue weighted by molar-refractivity contribution is 6.30. The van der Waals surface area contributed by atoms with Gasteiger partial charge in [0.1, 0.15) is 17.3 Å². The summed E-state index contributed by atoms with van der Waals surface area (Å²) in [5.74, 6) is -0.447. The average molecular weight is 554 g/mol. The summed E-state index contributed by atoms with van der Waals surface area (Å²) in [6.07, 6.45) is -2.76. The fourth-order valence-electron chi connectivity index (χ4n) is 3.92. The smallest absolute Gasteiger partial charge is 0.401 e. The number of nitrogens with one attached hydrogen (secondary N) is 2. The highest BCUT2D eigenvalue weighted by Crippen LogP contribution is 2.31. The number of piperazine rings is 1. The number of pyridine rings is 1. The summed E-state index contributed by atoms with van der Waals surface area (Å²) < 4.78 is 57.3. The summed E-state index contributed by atoms with van der Waals surface area (Å²) in [7, 11) is 1.41. The van der Waals surface area contributed by atoms with Crippen molar-refractivity contribution in [3.05, 3.63) is 53.4 Å². The first-order valence-corrected chi connectivity index (χ1v) is 11.9. The molecule has 38 heavy (non-hydrogen) atoms. The lowest BCUT2D eigenvalue weighted by Crippen LogP contribution is -2.50. The number of halogens is 5. The van der Waals surface area contributed by atoms with Crippen molar-refractivity contribution in [2.45, 2.75) is 6.18 Å². The van der Waals surface area contributed by atoms with E-state index < -0.39 is 18.5 Å². The van der Waals surface area contributed by atoms with Crippen LogP contribution in [0.15, 0.2) is 42.6 Å². The van der Waals surface area contributed by atoms with Crippen LogP contribution in [0.3, 0.4) is 0 Å². The van der Waals surface area contributed by atoms with E-state index in [1.807, 2.05) is 0 Å². The minimum absolute atomic E-state index is 0.0237. The van der Waals surface area contributed by atoms with Gasteiger partial charge in [-0.1, -0.05) is 11.6 Å². The highest BCUT2D eigenvalue weighted by atomic mass is 35.5. The number of benzene rings is 1. The number of nitrogens with zero attached hydrogens (tertiary/aromatic N) is 5. The van der Waals surface area contributed by atoms with Crippen LogP contribution in [0.1, 0.15) is 0 Å². The number of hydrogen-bond acceptors (Lipinski definition) is 8. The molecule has 0 aliphatic carbocycles. The van der Waals surface area contributed by atoms with E-state index in [1.165, 1.54) is 36.4 Å². The van der Waals surface area contributed by atoms with Crippen molar-refractivity contribution in [2.24, 2.45) is 0 Å². The summed E-state index contributed by atoms with van der Waals surface area (Å²) in [5.41, 5.74) is 1.31. The summed E-state index contributed by atoms with van der Waals surface area (Å²) in [4.78, 5) is 19.8. The molecule has 202 valence electrons. The summed E-state index contributed by atoms with van der Waals surface area (Å²) in [5, 5.41) is 14.2. The van der Waals surface area contributed by atoms with E-state index in [4.69, 9.17) is 16.3 Å². The minimum Gasteiger partial charge on any atom is -0.478 e. The maximum absolute atomic E-state index is 14.3. The van der Waals surface area contributed by atoms with Gasteiger partial charge in [-0.2, -0.15) is 13.2 Å². The second kappa shape index (κ2) is 11.9. The van der Waals surface area contributed by atoms with E-state index >= 15 is 0 Å². The Bertz CT molecular complexity index is 1290. The SMILES string of the molecule is COc1nnc(-c2cc(Cl)ccc2F)cc1Nc1ccnc(NC(=O)CN2CCN(CC(F)(F)F)CC2)c1. The van der Waals surface area contributed by atoms with Crippen molar-refractivity contribution < 1.29 is 27.1 Å². The number of carbonyl (C=O) groups excluding carboxylic acids is 1. The number of carbonyl (C=O) groups is 1. The molecule has 2 aromatic heterocycles. The van der Waals surface area contributed by atoms with E-state index in [0.29, 0.717) is 29.5 Å². The number of ether oxygens (including phenoxy) is 1. The number of aromatic nitrogens is 3. The number of amides is 1. The van der Waals surface area contributed by atoms with Gasteiger partial charge in [-0.15, -0.1) is 10.2 Å². The van der Waals surface area contributed by atoms with Crippen LogP contribution >= 0.6 is 11.6 Å². The third kappa shape index (κ3) is 7.49. The quantitative estimate of drug-likeness (QED) is 0.401. The normalized spacial score (nSPS) is 14.8. The van der Waals surface area contributed by atoms with Crippen molar-refractivity contribution >= 4 is 34.7 Å². The highest BCUT2D eigenvalue weighted by Gasteiger charge is 2.32. The minimum atomic E-state index is -4.24. The number of rotatable bonds is 8. The molecule has 0 unspecified atom stereocenters. The largest absolute Gasteiger partial charge is 0.478 e. The van der Waals surface area contributed by atoms with Crippen LogP contribution < -0.4 is 15.4 Å². The van der Waals surface area contributed by atoms with Gasteiger partial charge >= 0.3 is 6.18 Å². The Labute approximate surface area is 220 Å². The maximum atomic E-state index is 14.3. The van der Waals surface area contributed by atoms with E-state index in [-0.39, 0.29) is 48.5 Å². The molecule has 1 saturated heterocycles. The zero-order chi connectivity index (χ0) is 27.3. The summed E-state index contributed by atoms with van der Waals surface area (Å²) in [6, 6.07) is 8.88. The molecule has 14 heteroatoms. The lowest BCUT2D eigenvalue weighted by molar-refractivity contribution is -0.149. The van der Waals surface area contributed by atoms with Crippen LogP contribution in [-0.2, 0) is 4.79 Å². The molecule has 0 bridgehead atoms. The number of anilines is 3. The van der Waals surface area contributed by atoms with Gasteiger partial charge in [0, 0.05) is 54.7 Å². The second-order valence-electron chi connectivity index (χ2n) is 8.55. The Balaban J connectivity index is 1.40. The number of hydrogen-bond donors (Lipinski definition) is 2. The van der Waals surface area contributed by atoms with E-state index in [2.05, 4.69) is 25.8 Å². The third-order valence-electron chi connectivity index (χ3n) is 5.70. The molecule has 0 radical (unpaired) electrons. The van der Waals surface area contributed by atoms with Gasteiger partial charge < -0.3 is 15.4 Å². The molecule has 9 nitrogen and oxygen atoms in total. The Morgan fingerprint density at radius 1 is 1.08 bits per heavy atom. The van der Waals surface area contributed by atoms with Gasteiger partial charge in [0.2, 0.25) is 5.91 Å². The summed E-state index contributed by atoms with van der Waals surface area (Å²) >= 11 is 6.00. The second-order valence-corrected chi connectivity index (χ2v) is 8.98. The Kier molecular flexibility index (Phi) is 8.59. The van der Waals surface area contributed by atoms with Gasteiger partial charge in [0.05, 0.1) is 25.9 Å². The van der Waals surface area contributed by atoms with E-state index in [0.717, 1.165) is 0 Å². The molecule has 4 rings (SSSR count). The van der Waals surface area contributed by atoms with Crippen molar-refractivity contribution in [2.75, 3.05) is 57.0 Å². The van der Waals surface area contributed by atoms with Crippen molar-refractivity contribution in [3.63, 3.8) is 0 Å². The zero-order valence-corrected chi connectivity index (χ0v) is 21.0. The topological polar surface area (TPSA) is 95.5 Å². The Morgan fingerprint density at radius 2 is 1.82 bits per heavy atom. The maximum Gasteiger partial charge on any atom is 0.401 e. The standard InChI is InChI=1S/C24H24ClF4N7O2/c1-38-23-20(12-19(33-34-23)17-10-15(25)2-3-18(17)26)31-16-4-5-30-21(11-16)32-22(37)13-35-6-8-36(9-7-35)14-24(27,28)29/h2-5,10-12H,6-9,13-14H2,1H3,(H2,30,31,32,33,37). The first kappa shape index (κ1) is 27.5. The van der Waals surface area contributed by atoms with Crippen molar-refractivity contribution in [3.8, 4) is 17.1 Å². The van der Waals surface area contributed by atoms with Crippen LogP contribution in [0.5, 0.6) is 5.88 Å². The molecule has 1 aromatic carbocycles.